The van der Waals surface area contributed by atoms with Crippen LogP contribution in [0, 0.1) is 45.3 Å². The molecule has 0 aromatic carbocycles. The minimum Gasteiger partial charge on any atom is -0.394 e. The summed E-state index contributed by atoms with van der Waals surface area (Å²) in [4.78, 5) is 0. The summed E-state index contributed by atoms with van der Waals surface area (Å²) >= 11 is 0. The average molecular weight is 785 g/mol. The Morgan fingerprint density at radius 1 is 0.727 bits per heavy atom. The molecule has 13 heteroatoms. The molecule has 9 N–H and O–H groups in total. The van der Waals surface area contributed by atoms with Gasteiger partial charge >= 0.3 is 0 Å². The van der Waals surface area contributed by atoms with Crippen LogP contribution in [0.5, 0.6) is 0 Å². The van der Waals surface area contributed by atoms with Crippen molar-refractivity contribution < 1.29 is 64.9 Å². The zero-order valence-corrected chi connectivity index (χ0v) is 34.3. The smallest absolute Gasteiger partial charge is 0.187 e. The molecule has 0 amide bonds. The van der Waals surface area contributed by atoms with Gasteiger partial charge in [0.1, 0.15) is 48.8 Å². The third-order valence-corrected chi connectivity index (χ3v) is 16.6. The van der Waals surface area contributed by atoms with Crippen molar-refractivity contribution in [3.05, 3.63) is 11.6 Å². The van der Waals surface area contributed by atoms with E-state index in [0.29, 0.717) is 19.3 Å². The maximum Gasteiger partial charge on any atom is 0.187 e. The van der Waals surface area contributed by atoms with Crippen molar-refractivity contribution in [1.29, 1.82) is 0 Å². The second-order valence-electron chi connectivity index (χ2n) is 20.1. The minimum atomic E-state index is -1.75. The van der Waals surface area contributed by atoms with Crippen LogP contribution in [0.1, 0.15) is 113 Å². The fraction of sp³-hybridized carbons (Fsp3) is 0.952. The first-order valence-electron chi connectivity index (χ1n) is 20.9. The maximum absolute atomic E-state index is 12.2. The molecule has 6 fully saturated rings. The molecule has 13 nitrogen and oxygen atoms in total. The summed E-state index contributed by atoms with van der Waals surface area (Å²) in [5.41, 5.74) is -0.405. The van der Waals surface area contributed by atoms with Gasteiger partial charge in [0, 0.05) is 0 Å². The highest BCUT2D eigenvalue weighted by molar-refractivity contribution is 5.20. The Hall–Kier alpha value is -0.780. The number of fused-ring (bicyclic) bond motifs is 5. The topological polar surface area (TPSA) is 219 Å². The van der Waals surface area contributed by atoms with Gasteiger partial charge in [0.05, 0.1) is 31.0 Å². The Labute approximate surface area is 327 Å². The van der Waals surface area contributed by atoms with Gasteiger partial charge < -0.3 is 64.9 Å². The Morgan fingerprint density at radius 2 is 1.33 bits per heavy atom. The minimum absolute atomic E-state index is 0.00798. The van der Waals surface area contributed by atoms with E-state index in [-0.39, 0.29) is 39.9 Å². The number of ether oxygens (including phenoxy) is 4. The molecule has 2 aliphatic heterocycles. The van der Waals surface area contributed by atoms with E-state index in [1.54, 1.807) is 0 Å². The molecule has 4 aliphatic carbocycles. The van der Waals surface area contributed by atoms with Gasteiger partial charge in [0.25, 0.3) is 0 Å². The van der Waals surface area contributed by atoms with Gasteiger partial charge in [-0.3, -0.25) is 0 Å². The lowest BCUT2D eigenvalue weighted by molar-refractivity contribution is -0.378. The summed E-state index contributed by atoms with van der Waals surface area (Å²) < 4.78 is 24.4. The van der Waals surface area contributed by atoms with Gasteiger partial charge in [-0.2, -0.15) is 0 Å². The zero-order chi connectivity index (χ0) is 40.6. The molecule has 6 aliphatic rings. The molecule has 55 heavy (non-hydrogen) atoms. The molecule has 0 radical (unpaired) electrons. The highest BCUT2D eigenvalue weighted by Crippen LogP contribution is 2.76. The molecule has 318 valence electrons. The Morgan fingerprint density at radius 3 is 1.95 bits per heavy atom. The summed E-state index contributed by atoms with van der Waals surface area (Å²) in [6, 6.07) is 0. The second kappa shape index (κ2) is 15.7. The third kappa shape index (κ3) is 7.20. The van der Waals surface area contributed by atoms with E-state index in [4.69, 9.17) is 18.9 Å². The van der Waals surface area contributed by atoms with Gasteiger partial charge in [-0.15, -0.1) is 0 Å². The second-order valence-corrected chi connectivity index (χ2v) is 20.1. The first-order valence-corrected chi connectivity index (χ1v) is 20.9. The fourth-order valence-corrected chi connectivity index (χ4v) is 13.3. The molecular formula is C42H72O13. The van der Waals surface area contributed by atoms with Crippen molar-refractivity contribution in [2.45, 2.75) is 192 Å². The SMILES string of the molecule is CC(C)=CCC[C@](C)(O)[C@@H]1CC[C@@]2(C)[C@@H]1[C@@H](O)C[C@H]1[C@@]3(C)CC[C@@H](O[C@@H]4O[C@H](CO)[C@@H](O)[C@H](O)[C@H]4O[C@@H]4O[C@H](CO)[C@@H](O)[C@H](O)[C@H]4O)C(C)(C)[C@@H]3CC[C@@]12C. The van der Waals surface area contributed by atoms with Crippen molar-refractivity contribution in [3.8, 4) is 0 Å². The fourth-order valence-electron chi connectivity index (χ4n) is 13.3. The Bertz CT molecular complexity index is 1370. The lowest BCUT2D eigenvalue weighted by Crippen LogP contribution is -2.68. The Balaban J connectivity index is 1.23. The van der Waals surface area contributed by atoms with Crippen LogP contribution in [0.15, 0.2) is 11.6 Å². The molecule has 0 aromatic heterocycles. The number of rotatable bonds is 10. The predicted molar refractivity (Wildman–Crippen MR) is 201 cm³/mol. The van der Waals surface area contributed by atoms with Crippen LogP contribution in [0.4, 0.5) is 0 Å². The number of hydrogen-bond acceptors (Lipinski definition) is 13. The standard InChI is InChI=1S/C42H72O13/c1-21(2)10-9-14-42(8,51)22-11-16-41(7)29(22)23(45)18-27-39(5)15-13-28(38(3,4)26(39)12-17-40(27,41)6)54-37-35(33(49)31(47)25(20-44)53-37)55-36-34(50)32(48)30(46)24(19-43)52-36/h10,22-37,43-51H,9,11-20H2,1-8H3/t22-,23+,24-,25-,26+,27+,28-,29+,30-,31-,32+,33+,34-,35-,36+,37+,39+,40+,41+,42+/m1/s1. The molecule has 0 unspecified atom stereocenters. The number of allylic oxidation sites excluding steroid dienone is 2. The lowest BCUT2D eigenvalue weighted by Gasteiger charge is -2.70. The quantitative estimate of drug-likeness (QED) is 0.115. The summed E-state index contributed by atoms with van der Waals surface area (Å²) in [7, 11) is 0. The predicted octanol–water partition coefficient (Wildman–Crippen LogP) is 2.15. The first-order chi connectivity index (χ1) is 25.6. The van der Waals surface area contributed by atoms with E-state index in [1.807, 2.05) is 6.92 Å². The summed E-state index contributed by atoms with van der Waals surface area (Å²) in [5, 5.41) is 97.4. The normalized spacial score (nSPS) is 52.0. The summed E-state index contributed by atoms with van der Waals surface area (Å²) in [6.45, 7) is 16.5. The highest BCUT2D eigenvalue weighted by Gasteiger charge is 2.71. The van der Waals surface area contributed by atoms with Gasteiger partial charge in [0.2, 0.25) is 0 Å². The van der Waals surface area contributed by atoms with Crippen molar-refractivity contribution in [2.75, 3.05) is 13.2 Å². The van der Waals surface area contributed by atoms with Crippen LogP contribution in [-0.4, -0.2) is 138 Å². The molecule has 4 saturated carbocycles. The average Bonchev–Trinajstić information content (AvgIpc) is 3.50. The molecule has 2 saturated heterocycles. The highest BCUT2D eigenvalue weighted by atomic mass is 16.8. The third-order valence-electron chi connectivity index (χ3n) is 16.6. The van der Waals surface area contributed by atoms with Crippen LogP contribution in [0.2, 0.25) is 0 Å². The van der Waals surface area contributed by atoms with Crippen LogP contribution < -0.4 is 0 Å². The molecule has 20 atom stereocenters. The monoisotopic (exact) mass is 784 g/mol. The van der Waals surface area contributed by atoms with E-state index in [9.17, 15) is 46.0 Å². The van der Waals surface area contributed by atoms with Crippen LogP contribution in [0.25, 0.3) is 0 Å². The van der Waals surface area contributed by atoms with E-state index in [2.05, 4.69) is 54.5 Å². The number of hydrogen-bond donors (Lipinski definition) is 9. The molecule has 2 heterocycles. The van der Waals surface area contributed by atoms with E-state index in [0.717, 1.165) is 38.5 Å². The Kier molecular flexibility index (Phi) is 12.5. The van der Waals surface area contributed by atoms with E-state index >= 15 is 0 Å². The maximum atomic E-state index is 12.2. The summed E-state index contributed by atoms with van der Waals surface area (Å²) in [5.74, 6) is 0.445. The largest absolute Gasteiger partial charge is 0.394 e. The molecule has 0 aromatic rings. The van der Waals surface area contributed by atoms with Gasteiger partial charge in [0.15, 0.2) is 12.6 Å². The van der Waals surface area contributed by atoms with Gasteiger partial charge in [-0.25, -0.2) is 0 Å². The summed E-state index contributed by atoms with van der Waals surface area (Å²) in [6.07, 6.45) is -6.48. The van der Waals surface area contributed by atoms with Crippen molar-refractivity contribution in [2.24, 2.45) is 45.3 Å². The van der Waals surface area contributed by atoms with Crippen LogP contribution in [-0.2, 0) is 18.9 Å². The van der Waals surface area contributed by atoms with Crippen molar-refractivity contribution in [1.82, 2.24) is 0 Å². The molecule has 0 bridgehead atoms. The zero-order valence-electron chi connectivity index (χ0n) is 34.3. The van der Waals surface area contributed by atoms with E-state index < -0.39 is 97.8 Å². The van der Waals surface area contributed by atoms with Crippen LogP contribution >= 0.6 is 0 Å². The number of aliphatic hydroxyl groups excluding tert-OH is 8. The molecule has 0 spiro atoms. The lowest BCUT2D eigenvalue weighted by atomic mass is 9.35. The first kappa shape index (κ1) is 43.8. The molecular weight excluding hydrogens is 712 g/mol. The van der Waals surface area contributed by atoms with Gasteiger partial charge in [-0.1, -0.05) is 46.3 Å². The van der Waals surface area contributed by atoms with Crippen molar-refractivity contribution in [3.63, 3.8) is 0 Å². The molecule has 6 rings (SSSR count). The van der Waals surface area contributed by atoms with E-state index in [1.165, 1.54) is 5.57 Å². The number of aliphatic hydroxyl groups is 9. The van der Waals surface area contributed by atoms with Crippen LogP contribution in [0.3, 0.4) is 0 Å². The van der Waals surface area contributed by atoms with Gasteiger partial charge in [-0.05, 0) is 124 Å². The van der Waals surface area contributed by atoms with Crippen molar-refractivity contribution >= 4 is 0 Å².